The second kappa shape index (κ2) is 6.88. The molecule has 2 heterocycles. The van der Waals surface area contributed by atoms with Crippen molar-refractivity contribution in [2.75, 3.05) is 5.32 Å². The van der Waals surface area contributed by atoms with E-state index in [1.54, 1.807) is 0 Å². The lowest BCUT2D eigenvalue weighted by atomic mass is 10.0. The van der Waals surface area contributed by atoms with Crippen molar-refractivity contribution in [2.24, 2.45) is 0 Å². The number of nitrogens with zero attached hydrogens (tertiary/aromatic N) is 3. The van der Waals surface area contributed by atoms with Gasteiger partial charge in [0.15, 0.2) is 5.65 Å². The lowest BCUT2D eigenvalue weighted by Crippen LogP contribution is -2.11. The molecule has 4 rings (SSSR count). The Balaban J connectivity index is 1.81. The first-order valence-electron chi connectivity index (χ1n) is 9.28. The van der Waals surface area contributed by atoms with E-state index in [4.69, 9.17) is 10.1 Å². The summed E-state index contributed by atoms with van der Waals surface area (Å²) >= 11 is 0. The predicted octanol–water partition coefficient (Wildman–Crippen LogP) is 5.49. The first-order chi connectivity index (χ1) is 13.0. The van der Waals surface area contributed by atoms with Crippen molar-refractivity contribution in [1.29, 1.82) is 0 Å². The number of aromatic nitrogens is 3. The van der Waals surface area contributed by atoms with Crippen molar-refractivity contribution < 1.29 is 0 Å². The van der Waals surface area contributed by atoms with E-state index in [1.807, 2.05) is 24.4 Å². The summed E-state index contributed by atoms with van der Waals surface area (Å²) in [4.78, 5) is 4.80. The Morgan fingerprint density at radius 2 is 1.63 bits per heavy atom. The third kappa shape index (κ3) is 3.31. The Morgan fingerprint density at radius 1 is 0.926 bits per heavy atom. The van der Waals surface area contributed by atoms with E-state index in [0.717, 1.165) is 34.0 Å². The molecule has 2 aromatic carbocycles. The van der Waals surface area contributed by atoms with Gasteiger partial charge in [0.1, 0.15) is 5.82 Å². The fourth-order valence-electron chi connectivity index (χ4n) is 3.45. The normalized spacial score (nSPS) is 12.3. The molecule has 0 saturated carbocycles. The molecule has 0 radical (unpaired) electrons. The van der Waals surface area contributed by atoms with Crippen LogP contribution in [0.15, 0.2) is 60.7 Å². The second-order valence-corrected chi connectivity index (χ2v) is 7.12. The van der Waals surface area contributed by atoms with Crippen LogP contribution < -0.4 is 5.32 Å². The molecule has 0 fully saturated rings. The lowest BCUT2D eigenvalue weighted by Gasteiger charge is -2.17. The van der Waals surface area contributed by atoms with Crippen LogP contribution in [0.4, 0.5) is 5.82 Å². The van der Waals surface area contributed by atoms with Gasteiger partial charge in [-0.15, -0.1) is 0 Å². The minimum Gasteiger partial charge on any atom is -0.363 e. The van der Waals surface area contributed by atoms with Gasteiger partial charge >= 0.3 is 0 Å². The van der Waals surface area contributed by atoms with Crippen molar-refractivity contribution in [2.45, 2.75) is 33.7 Å². The SMILES string of the molecule is Cc1ccc(-c2c(C)nn3c(N[C@@H](C)c4ccccc4)cc(C)nc23)cc1. The number of rotatable bonds is 4. The smallest absolute Gasteiger partial charge is 0.165 e. The van der Waals surface area contributed by atoms with E-state index < -0.39 is 0 Å². The zero-order valence-corrected chi connectivity index (χ0v) is 16.2. The van der Waals surface area contributed by atoms with Crippen molar-refractivity contribution >= 4 is 11.5 Å². The lowest BCUT2D eigenvalue weighted by molar-refractivity contribution is 0.833. The maximum atomic E-state index is 4.80. The Bertz CT molecular complexity index is 1080. The minimum atomic E-state index is 0.170. The van der Waals surface area contributed by atoms with Crippen LogP contribution >= 0.6 is 0 Å². The summed E-state index contributed by atoms with van der Waals surface area (Å²) < 4.78 is 1.93. The molecule has 0 aliphatic rings. The maximum Gasteiger partial charge on any atom is 0.165 e. The Hall–Kier alpha value is -3.14. The Morgan fingerprint density at radius 3 is 2.33 bits per heavy atom. The molecule has 0 amide bonds. The highest BCUT2D eigenvalue weighted by molar-refractivity contribution is 5.81. The quantitative estimate of drug-likeness (QED) is 0.525. The highest BCUT2D eigenvalue weighted by atomic mass is 15.3. The van der Waals surface area contributed by atoms with E-state index in [9.17, 15) is 0 Å². The van der Waals surface area contributed by atoms with Crippen LogP contribution in [0.1, 0.15) is 35.5 Å². The number of hydrogen-bond donors (Lipinski definition) is 1. The Labute approximate surface area is 159 Å². The molecular formula is C23H24N4. The van der Waals surface area contributed by atoms with Gasteiger partial charge < -0.3 is 5.32 Å². The predicted molar refractivity (Wildman–Crippen MR) is 111 cm³/mol. The van der Waals surface area contributed by atoms with E-state index in [-0.39, 0.29) is 6.04 Å². The van der Waals surface area contributed by atoms with E-state index in [1.165, 1.54) is 11.1 Å². The molecule has 27 heavy (non-hydrogen) atoms. The van der Waals surface area contributed by atoms with Crippen molar-refractivity contribution in [3.8, 4) is 11.1 Å². The molecule has 0 saturated heterocycles. The molecule has 4 nitrogen and oxygen atoms in total. The molecule has 0 unspecified atom stereocenters. The van der Waals surface area contributed by atoms with Crippen molar-refractivity contribution in [3.63, 3.8) is 0 Å². The third-order valence-corrected chi connectivity index (χ3v) is 4.90. The van der Waals surface area contributed by atoms with Gasteiger partial charge in [-0.05, 0) is 38.8 Å². The number of aryl methyl sites for hydroxylation is 3. The summed E-state index contributed by atoms with van der Waals surface area (Å²) in [6.45, 7) is 8.33. The van der Waals surface area contributed by atoms with Crippen LogP contribution in [0, 0.1) is 20.8 Å². The molecule has 2 aromatic heterocycles. The van der Waals surface area contributed by atoms with Gasteiger partial charge in [-0.2, -0.15) is 9.61 Å². The topological polar surface area (TPSA) is 42.2 Å². The van der Waals surface area contributed by atoms with Gasteiger partial charge in [0.25, 0.3) is 0 Å². The van der Waals surface area contributed by atoms with Gasteiger partial charge in [0.2, 0.25) is 0 Å². The fourth-order valence-corrected chi connectivity index (χ4v) is 3.45. The standard InChI is InChI=1S/C23H24N4/c1-15-10-12-20(13-11-15)22-18(4)26-27-21(14-16(2)24-23(22)27)25-17(3)19-8-6-5-7-9-19/h5-14,17,25H,1-4H3/t17-/m0/s1. The number of fused-ring (bicyclic) bond motifs is 1. The summed E-state index contributed by atoms with van der Waals surface area (Å²) in [6, 6.07) is 21.2. The van der Waals surface area contributed by atoms with Crippen LogP contribution in [0.2, 0.25) is 0 Å². The average molecular weight is 356 g/mol. The fraction of sp³-hybridized carbons (Fsp3) is 0.217. The van der Waals surface area contributed by atoms with Gasteiger partial charge in [0.05, 0.1) is 5.69 Å². The summed E-state index contributed by atoms with van der Waals surface area (Å²) in [5.74, 6) is 0.954. The molecule has 1 N–H and O–H groups in total. The monoisotopic (exact) mass is 356 g/mol. The molecule has 136 valence electrons. The molecule has 0 bridgehead atoms. The summed E-state index contributed by atoms with van der Waals surface area (Å²) in [5.41, 5.74) is 7.56. The summed E-state index contributed by atoms with van der Waals surface area (Å²) in [5, 5.41) is 8.39. The van der Waals surface area contributed by atoms with Crippen LogP contribution in [-0.4, -0.2) is 14.6 Å². The third-order valence-electron chi connectivity index (χ3n) is 4.90. The van der Waals surface area contributed by atoms with Crippen LogP contribution in [0.5, 0.6) is 0 Å². The molecule has 4 heteroatoms. The highest BCUT2D eigenvalue weighted by Gasteiger charge is 2.17. The summed E-state index contributed by atoms with van der Waals surface area (Å²) in [7, 11) is 0. The molecule has 0 spiro atoms. The number of anilines is 1. The number of benzene rings is 2. The largest absolute Gasteiger partial charge is 0.363 e. The minimum absolute atomic E-state index is 0.170. The molecular weight excluding hydrogens is 332 g/mol. The highest BCUT2D eigenvalue weighted by Crippen LogP contribution is 2.30. The molecule has 0 aliphatic heterocycles. The van der Waals surface area contributed by atoms with Crippen LogP contribution in [0.3, 0.4) is 0 Å². The second-order valence-electron chi connectivity index (χ2n) is 7.12. The average Bonchev–Trinajstić information content (AvgIpc) is 2.99. The zero-order chi connectivity index (χ0) is 19.0. The van der Waals surface area contributed by atoms with Gasteiger partial charge in [-0.1, -0.05) is 60.2 Å². The van der Waals surface area contributed by atoms with Crippen LogP contribution in [-0.2, 0) is 0 Å². The van der Waals surface area contributed by atoms with Crippen LogP contribution in [0.25, 0.3) is 16.8 Å². The van der Waals surface area contributed by atoms with Gasteiger partial charge in [-0.3, -0.25) is 0 Å². The van der Waals surface area contributed by atoms with Crippen molar-refractivity contribution in [3.05, 3.63) is 83.2 Å². The number of hydrogen-bond acceptors (Lipinski definition) is 3. The number of nitrogens with one attached hydrogen (secondary N) is 1. The molecule has 4 aromatic rings. The van der Waals surface area contributed by atoms with E-state index >= 15 is 0 Å². The van der Waals surface area contributed by atoms with Crippen molar-refractivity contribution in [1.82, 2.24) is 14.6 Å². The first kappa shape index (κ1) is 17.3. The maximum absolute atomic E-state index is 4.80. The zero-order valence-electron chi connectivity index (χ0n) is 16.2. The summed E-state index contributed by atoms with van der Waals surface area (Å²) in [6.07, 6.45) is 0. The van der Waals surface area contributed by atoms with Gasteiger partial charge in [-0.25, -0.2) is 4.98 Å². The molecule has 0 aliphatic carbocycles. The first-order valence-corrected chi connectivity index (χ1v) is 9.28. The van der Waals surface area contributed by atoms with Gasteiger partial charge in [0, 0.05) is 23.4 Å². The Kier molecular flexibility index (Phi) is 4.40. The molecule has 1 atom stereocenters. The van der Waals surface area contributed by atoms with E-state index in [2.05, 4.69) is 73.8 Å². The van der Waals surface area contributed by atoms with E-state index in [0.29, 0.717) is 0 Å².